The minimum absolute atomic E-state index is 0.0174. The van der Waals surface area contributed by atoms with Gasteiger partial charge in [0, 0.05) is 6.54 Å². The van der Waals surface area contributed by atoms with E-state index in [-0.39, 0.29) is 5.91 Å². The van der Waals surface area contributed by atoms with E-state index < -0.39 is 6.04 Å². The molecule has 1 aromatic carbocycles. The molecule has 1 fully saturated rings. The van der Waals surface area contributed by atoms with Crippen LogP contribution in [-0.2, 0) is 11.2 Å². The van der Waals surface area contributed by atoms with E-state index >= 15 is 0 Å². The number of rotatable bonds is 7. The van der Waals surface area contributed by atoms with Crippen LogP contribution in [0, 0.1) is 5.41 Å². The number of carbonyl (C=O) groups excluding carboxylic acids is 1. The SMILES string of the molecule is CCCC1(CNC(=O)[C@@H](N)Cc2ccccc2)CCC1. The standard InChI is InChI=1S/C17H26N2O/c1-2-9-17(10-6-11-17)13-19-16(20)15(18)12-14-7-4-3-5-8-14/h3-5,7-8,15H,2,6,9-13,18H2,1H3,(H,19,20)/t15-/m0/s1. The zero-order valence-electron chi connectivity index (χ0n) is 12.4. The first kappa shape index (κ1) is 15.0. The summed E-state index contributed by atoms with van der Waals surface area (Å²) in [7, 11) is 0. The Morgan fingerprint density at radius 1 is 1.35 bits per heavy atom. The minimum atomic E-state index is -0.448. The molecular formula is C17H26N2O. The highest BCUT2D eigenvalue weighted by atomic mass is 16.2. The molecule has 20 heavy (non-hydrogen) atoms. The van der Waals surface area contributed by atoms with Gasteiger partial charge < -0.3 is 11.1 Å². The molecule has 110 valence electrons. The van der Waals surface area contributed by atoms with Gasteiger partial charge in [-0.25, -0.2) is 0 Å². The molecule has 0 aliphatic heterocycles. The van der Waals surface area contributed by atoms with Gasteiger partial charge in [-0.1, -0.05) is 50.1 Å². The third-order valence-electron chi connectivity index (χ3n) is 4.47. The summed E-state index contributed by atoms with van der Waals surface area (Å²) >= 11 is 0. The molecule has 0 unspecified atom stereocenters. The van der Waals surface area contributed by atoms with Crippen LogP contribution in [0.2, 0.25) is 0 Å². The van der Waals surface area contributed by atoms with Crippen molar-refractivity contribution >= 4 is 5.91 Å². The van der Waals surface area contributed by atoms with E-state index in [4.69, 9.17) is 5.73 Å². The average molecular weight is 274 g/mol. The van der Waals surface area contributed by atoms with Gasteiger partial charge in [0.1, 0.15) is 0 Å². The monoisotopic (exact) mass is 274 g/mol. The van der Waals surface area contributed by atoms with E-state index in [1.807, 2.05) is 30.3 Å². The van der Waals surface area contributed by atoms with Gasteiger partial charge in [0.15, 0.2) is 0 Å². The van der Waals surface area contributed by atoms with Gasteiger partial charge in [-0.15, -0.1) is 0 Å². The first-order chi connectivity index (χ1) is 9.65. The van der Waals surface area contributed by atoms with Gasteiger partial charge >= 0.3 is 0 Å². The second-order valence-corrected chi connectivity index (χ2v) is 6.12. The van der Waals surface area contributed by atoms with Gasteiger partial charge in [0.25, 0.3) is 0 Å². The molecule has 0 saturated heterocycles. The molecule has 1 saturated carbocycles. The fourth-order valence-electron chi connectivity index (χ4n) is 3.09. The molecule has 3 heteroatoms. The van der Waals surface area contributed by atoms with Crippen molar-refractivity contribution in [3.8, 4) is 0 Å². The van der Waals surface area contributed by atoms with Crippen molar-refractivity contribution in [1.82, 2.24) is 5.32 Å². The van der Waals surface area contributed by atoms with E-state index in [0.29, 0.717) is 11.8 Å². The predicted octanol–water partition coefficient (Wildman–Crippen LogP) is 2.64. The molecule has 1 aliphatic rings. The van der Waals surface area contributed by atoms with Crippen LogP contribution in [0.4, 0.5) is 0 Å². The highest BCUT2D eigenvalue weighted by Gasteiger charge is 2.36. The molecule has 3 nitrogen and oxygen atoms in total. The Morgan fingerprint density at radius 2 is 2.05 bits per heavy atom. The topological polar surface area (TPSA) is 55.1 Å². The predicted molar refractivity (Wildman–Crippen MR) is 82.3 cm³/mol. The van der Waals surface area contributed by atoms with Crippen molar-refractivity contribution in [3.63, 3.8) is 0 Å². The number of nitrogens with one attached hydrogen (secondary N) is 1. The van der Waals surface area contributed by atoms with Crippen molar-refractivity contribution in [3.05, 3.63) is 35.9 Å². The second-order valence-electron chi connectivity index (χ2n) is 6.12. The van der Waals surface area contributed by atoms with Gasteiger partial charge in [0.2, 0.25) is 5.91 Å². The van der Waals surface area contributed by atoms with Crippen LogP contribution < -0.4 is 11.1 Å². The Balaban J connectivity index is 1.79. The number of hydrogen-bond acceptors (Lipinski definition) is 2. The summed E-state index contributed by atoms with van der Waals surface area (Å²) in [6.45, 7) is 3.01. The minimum Gasteiger partial charge on any atom is -0.354 e. The molecule has 0 radical (unpaired) electrons. The maximum absolute atomic E-state index is 12.1. The van der Waals surface area contributed by atoms with E-state index in [2.05, 4.69) is 12.2 Å². The lowest BCUT2D eigenvalue weighted by molar-refractivity contribution is -0.123. The molecule has 3 N–H and O–H groups in total. The van der Waals surface area contributed by atoms with Crippen molar-refractivity contribution in [1.29, 1.82) is 0 Å². The van der Waals surface area contributed by atoms with Crippen LogP contribution in [0.3, 0.4) is 0 Å². The quantitative estimate of drug-likeness (QED) is 0.803. The van der Waals surface area contributed by atoms with E-state index in [1.165, 1.54) is 32.1 Å². The van der Waals surface area contributed by atoms with Crippen LogP contribution in [0.1, 0.15) is 44.6 Å². The molecular weight excluding hydrogens is 248 g/mol. The van der Waals surface area contributed by atoms with Gasteiger partial charge in [0.05, 0.1) is 6.04 Å². The van der Waals surface area contributed by atoms with Crippen molar-refractivity contribution in [2.45, 2.75) is 51.5 Å². The fraction of sp³-hybridized carbons (Fsp3) is 0.588. The maximum atomic E-state index is 12.1. The number of nitrogens with two attached hydrogens (primary N) is 1. The molecule has 1 atom stereocenters. The fourth-order valence-corrected chi connectivity index (χ4v) is 3.09. The van der Waals surface area contributed by atoms with E-state index in [9.17, 15) is 4.79 Å². The Kier molecular flexibility index (Phi) is 5.18. The molecule has 0 aromatic heterocycles. The van der Waals surface area contributed by atoms with Gasteiger partial charge in [-0.05, 0) is 36.7 Å². The number of benzene rings is 1. The summed E-state index contributed by atoms with van der Waals surface area (Å²) in [6, 6.07) is 9.50. The molecule has 2 rings (SSSR count). The third-order valence-corrected chi connectivity index (χ3v) is 4.47. The zero-order valence-corrected chi connectivity index (χ0v) is 12.4. The molecule has 1 amide bonds. The Bertz CT molecular complexity index is 426. The molecule has 0 spiro atoms. The van der Waals surface area contributed by atoms with Crippen LogP contribution in [0.15, 0.2) is 30.3 Å². The first-order valence-corrected chi connectivity index (χ1v) is 7.72. The van der Waals surface area contributed by atoms with Crippen LogP contribution >= 0.6 is 0 Å². The van der Waals surface area contributed by atoms with Crippen molar-refractivity contribution in [2.24, 2.45) is 11.1 Å². The van der Waals surface area contributed by atoms with Crippen LogP contribution in [0.25, 0.3) is 0 Å². The summed E-state index contributed by atoms with van der Waals surface area (Å²) in [6.07, 6.45) is 6.79. The molecule has 1 aliphatic carbocycles. The number of hydrogen-bond donors (Lipinski definition) is 2. The number of amides is 1. The summed E-state index contributed by atoms with van der Waals surface area (Å²) in [4.78, 5) is 12.1. The largest absolute Gasteiger partial charge is 0.354 e. The normalized spacial score (nSPS) is 18.1. The lowest BCUT2D eigenvalue weighted by Gasteiger charge is -2.42. The summed E-state index contributed by atoms with van der Waals surface area (Å²) in [5.74, 6) is -0.0174. The van der Waals surface area contributed by atoms with Gasteiger partial charge in [-0.3, -0.25) is 4.79 Å². The van der Waals surface area contributed by atoms with Crippen molar-refractivity contribution < 1.29 is 4.79 Å². The highest BCUT2D eigenvalue weighted by Crippen LogP contribution is 2.44. The van der Waals surface area contributed by atoms with E-state index in [1.54, 1.807) is 0 Å². The van der Waals surface area contributed by atoms with Gasteiger partial charge in [-0.2, -0.15) is 0 Å². The number of carbonyl (C=O) groups is 1. The third kappa shape index (κ3) is 3.83. The van der Waals surface area contributed by atoms with Crippen LogP contribution in [-0.4, -0.2) is 18.5 Å². The molecule has 1 aromatic rings. The maximum Gasteiger partial charge on any atom is 0.237 e. The first-order valence-electron chi connectivity index (χ1n) is 7.72. The lowest BCUT2D eigenvalue weighted by Crippen LogP contribution is -2.48. The Hall–Kier alpha value is -1.35. The van der Waals surface area contributed by atoms with Crippen LogP contribution in [0.5, 0.6) is 0 Å². The summed E-state index contributed by atoms with van der Waals surface area (Å²) < 4.78 is 0. The second kappa shape index (κ2) is 6.89. The smallest absolute Gasteiger partial charge is 0.237 e. The zero-order chi connectivity index (χ0) is 14.4. The highest BCUT2D eigenvalue weighted by molar-refractivity contribution is 5.81. The molecule has 0 bridgehead atoms. The van der Waals surface area contributed by atoms with Crippen molar-refractivity contribution in [2.75, 3.05) is 6.54 Å². The Labute approximate surface area is 121 Å². The Morgan fingerprint density at radius 3 is 2.60 bits per heavy atom. The lowest BCUT2D eigenvalue weighted by atomic mass is 9.66. The van der Waals surface area contributed by atoms with E-state index in [0.717, 1.165) is 12.1 Å². The average Bonchev–Trinajstić information content (AvgIpc) is 2.42. The molecule has 0 heterocycles. The summed E-state index contributed by atoms with van der Waals surface area (Å²) in [5, 5.41) is 3.07. The summed E-state index contributed by atoms with van der Waals surface area (Å²) in [5.41, 5.74) is 7.47.